The molecule has 0 radical (unpaired) electrons. The third kappa shape index (κ3) is 6.34. The molecule has 0 saturated carbocycles. The number of aryl methyl sites for hydroxylation is 1. The molecule has 0 aliphatic rings. The molecule has 0 aliphatic carbocycles. The van der Waals surface area contributed by atoms with Crippen LogP contribution in [0.3, 0.4) is 0 Å². The highest BCUT2D eigenvalue weighted by molar-refractivity contribution is 6.18. The summed E-state index contributed by atoms with van der Waals surface area (Å²) < 4.78 is 49.8. The van der Waals surface area contributed by atoms with Gasteiger partial charge in [0.2, 0.25) is 0 Å². The quantitative estimate of drug-likeness (QED) is 0.247. The second kappa shape index (κ2) is 11.9. The molecule has 0 atom stereocenters. The number of carbonyl (C=O) groups excluding carboxylic acids is 1. The number of hydrogen-bond acceptors (Lipinski definition) is 4. The Kier molecular flexibility index (Phi) is 8.83. The van der Waals surface area contributed by atoms with E-state index in [0.717, 1.165) is 12.0 Å². The fourth-order valence-corrected chi connectivity index (χ4v) is 4.11. The van der Waals surface area contributed by atoms with Crippen LogP contribution in [0.15, 0.2) is 66.7 Å². The standard InChI is InChI=1S/C27H22F3NO5.C2H6/c1-3-17-7-9-18(10-8-17)26(34)25-16(2)31(19-5-4-6-20(13-19)35-15-24(32)33)23-14-21(11-12-22(23)25)36-27(28,29)30;1-2/h4-14H,3,15H2,1-2H3,(H,32,33);1-2H3. The summed E-state index contributed by atoms with van der Waals surface area (Å²) in [6.07, 6.45) is -4.07. The molecule has 0 saturated heterocycles. The van der Waals surface area contributed by atoms with Gasteiger partial charge in [0, 0.05) is 34.5 Å². The summed E-state index contributed by atoms with van der Waals surface area (Å²) >= 11 is 0. The molecule has 6 nitrogen and oxygen atoms in total. The average Bonchev–Trinajstić information content (AvgIpc) is 3.18. The number of aliphatic carboxylic acids is 1. The van der Waals surface area contributed by atoms with Crippen LogP contribution in [0.5, 0.6) is 11.5 Å². The van der Waals surface area contributed by atoms with Gasteiger partial charge < -0.3 is 19.1 Å². The van der Waals surface area contributed by atoms with E-state index < -0.39 is 24.7 Å². The first-order valence-electron chi connectivity index (χ1n) is 12.1. The number of ketones is 1. The minimum atomic E-state index is -4.88. The number of aromatic nitrogens is 1. The number of nitrogens with zero attached hydrogens (tertiary/aromatic N) is 1. The number of hydrogen-bond donors (Lipinski definition) is 1. The molecule has 0 fully saturated rings. The van der Waals surface area contributed by atoms with E-state index in [1.807, 2.05) is 32.9 Å². The van der Waals surface area contributed by atoms with Crippen LogP contribution in [0.4, 0.5) is 13.2 Å². The van der Waals surface area contributed by atoms with Crippen LogP contribution in [-0.2, 0) is 11.2 Å². The number of carboxylic acids is 1. The molecule has 0 aliphatic heterocycles. The number of carboxylic acid groups (broad SMARTS) is 1. The molecule has 0 bridgehead atoms. The van der Waals surface area contributed by atoms with Crippen LogP contribution in [0.1, 0.15) is 48.0 Å². The maximum Gasteiger partial charge on any atom is 0.573 e. The van der Waals surface area contributed by atoms with Crippen molar-refractivity contribution in [2.75, 3.05) is 6.61 Å². The van der Waals surface area contributed by atoms with Gasteiger partial charge in [-0.25, -0.2) is 4.79 Å². The number of rotatable bonds is 8. The summed E-state index contributed by atoms with van der Waals surface area (Å²) in [6, 6.07) is 17.4. The van der Waals surface area contributed by atoms with E-state index in [-0.39, 0.29) is 11.5 Å². The largest absolute Gasteiger partial charge is 0.573 e. The van der Waals surface area contributed by atoms with Crippen molar-refractivity contribution in [2.45, 2.75) is 40.5 Å². The second-order valence-corrected chi connectivity index (χ2v) is 8.08. The van der Waals surface area contributed by atoms with E-state index in [1.165, 1.54) is 18.2 Å². The van der Waals surface area contributed by atoms with Crippen molar-refractivity contribution in [3.8, 4) is 17.2 Å². The Labute approximate surface area is 218 Å². The summed E-state index contributed by atoms with van der Waals surface area (Å²) in [5.74, 6) is -1.61. The molecule has 1 N–H and O–H groups in total. The van der Waals surface area contributed by atoms with Crippen molar-refractivity contribution in [3.63, 3.8) is 0 Å². The molecular formula is C29H28F3NO5. The molecule has 3 aromatic carbocycles. The Bertz CT molecular complexity index is 1440. The zero-order valence-electron chi connectivity index (χ0n) is 21.4. The van der Waals surface area contributed by atoms with Crippen LogP contribution in [0.25, 0.3) is 16.6 Å². The maximum atomic E-state index is 13.6. The monoisotopic (exact) mass is 527 g/mol. The van der Waals surface area contributed by atoms with Crippen LogP contribution >= 0.6 is 0 Å². The lowest BCUT2D eigenvalue weighted by atomic mass is 9.99. The molecule has 200 valence electrons. The number of halogens is 3. The predicted molar refractivity (Wildman–Crippen MR) is 138 cm³/mol. The van der Waals surface area contributed by atoms with Crippen LogP contribution in [0.2, 0.25) is 0 Å². The van der Waals surface area contributed by atoms with Gasteiger partial charge in [0.15, 0.2) is 12.4 Å². The van der Waals surface area contributed by atoms with Gasteiger partial charge in [0.05, 0.1) is 11.1 Å². The van der Waals surface area contributed by atoms with Gasteiger partial charge in [-0.1, -0.05) is 51.1 Å². The molecule has 0 amide bonds. The second-order valence-electron chi connectivity index (χ2n) is 8.08. The van der Waals surface area contributed by atoms with Gasteiger partial charge in [-0.3, -0.25) is 4.79 Å². The van der Waals surface area contributed by atoms with Gasteiger partial charge in [0.1, 0.15) is 11.5 Å². The maximum absolute atomic E-state index is 13.6. The summed E-state index contributed by atoms with van der Waals surface area (Å²) in [6.45, 7) is 7.14. The fourth-order valence-electron chi connectivity index (χ4n) is 4.11. The zero-order valence-corrected chi connectivity index (χ0v) is 21.4. The van der Waals surface area contributed by atoms with Crippen LogP contribution in [0, 0.1) is 6.92 Å². The van der Waals surface area contributed by atoms with Crippen molar-refractivity contribution in [3.05, 3.63) is 89.1 Å². The van der Waals surface area contributed by atoms with E-state index in [2.05, 4.69) is 4.74 Å². The van der Waals surface area contributed by atoms with Crippen molar-refractivity contribution in [1.29, 1.82) is 0 Å². The lowest BCUT2D eigenvalue weighted by Gasteiger charge is -2.12. The minimum Gasteiger partial charge on any atom is -0.482 e. The van der Waals surface area contributed by atoms with E-state index in [4.69, 9.17) is 9.84 Å². The van der Waals surface area contributed by atoms with Gasteiger partial charge in [-0.2, -0.15) is 0 Å². The molecular weight excluding hydrogens is 499 g/mol. The first-order chi connectivity index (χ1) is 18.1. The first-order valence-corrected chi connectivity index (χ1v) is 12.1. The third-order valence-corrected chi connectivity index (χ3v) is 5.70. The average molecular weight is 528 g/mol. The number of benzene rings is 3. The van der Waals surface area contributed by atoms with E-state index in [9.17, 15) is 22.8 Å². The van der Waals surface area contributed by atoms with E-state index >= 15 is 0 Å². The number of fused-ring (bicyclic) bond motifs is 1. The summed E-state index contributed by atoms with van der Waals surface area (Å²) in [4.78, 5) is 24.5. The summed E-state index contributed by atoms with van der Waals surface area (Å²) in [5.41, 5.74) is 3.14. The van der Waals surface area contributed by atoms with Crippen molar-refractivity contribution in [1.82, 2.24) is 4.57 Å². The molecule has 38 heavy (non-hydrogen) atoms. The highest BCUT2D eigenvalue weighted by atomic mass is 19.4. The van der Waals surface area contributed by atoms with Gasteiger partial charge in [-0.05, 0) is 43.2 Å². The Balaban J connectivity index is 0.00000195. The predicted octanol–water partition coefficient (Wildman–Crippen LogP) is 7.12. The highest BCUT2D eigenvalue weighted by Gasteiger charge is 2.32. The summed E-state index contributed by atoms with van der Waals surface area (Å²) in [5, 5.41) is 9.35. The lowest BCUT2D eigenvalue weighted by molar-refractivity contribution is -0.274. The number of carbonyl (C=O) groups is 2. The van der Waals surface area contributed by atoms with Gasteiger partial charge in [0.25, 0.3) is 0 Å². The Hall–Kier alpha value is -4.27. The van der Waals surface area contributed by atoms with Crippen LogP contribution < -0.4 is 9.47 Å². The van der Waals surface area contributed by atoms with Gasteiger partial charge >= 0.3 is 12.3 Å². The molecule has 1 aromatic heterocycles. The highest BCUT2D eigenvalue weighted by Crippen LogP contribution is 2.35. The SMILES string of the molecule is CC.CCc1ccc(C(=O)c2c(C)n(-c3cccc(OCC(=O)O)c3)c3cc(OC(F)(F)F)ccc23)cc1. The third-order valence-electron chi connectivity index (χ3n) is 5.70. The van der Waals surface area contributed by atoms with Crippen molar-refractivity contribution in [2.24, 2.45) is 0 Å². The Morgan fingerprint density at radius 2 is 1.63 bits per heavy atom. The normalized spacial score (nSPS) is 11.0. The number of alkyl halides is 3. The van der Waals surface area contributed by atoms with E-state index in [0.29, 0.717) is 33.4 Å². The molecule has 4 rings (SSSR count). The molecule has 4 aromatic rings. The number of ether oxygens (including phenoxy) is 2. The zero-order chi connectivity index (χ0) is 28.0. The van der Waals surface area contributed by atoms with E-state index in [1.54, 1.807) is 47.9 Å². The minimum absolute atomic E-state index is 0.252. The lowest BCUT2D eigenvalue weighted by Crippen LogP contribution is -2.17. The van der Waals surface area contributed by atoms with Crippen LogP contribution in [-0.4, -0.2) is 34.4 Å². The van der Waals surface area contributed by atoms with Crippen molar-refractivity contribution >= 4 is 22.7 Å². The van der Waals surface area contributed by atoms with Gasteiger partial charge in [-0.15, -0.1) is 13.2 Å². The molecule has 9 heteroatoms. The van der Waals surface area contributed by atoms with Crippen molar-refractivity contribution < 1.29 is 37.3 Å². The summed E-state index contributed by atoms with van der Waals surface area (Å²) in [7, 11) is 0. The molecule has 1 heterocycles. The Morgan fingerprint density at radius 1 is 0.947 bits per heavy atom. The Morgan fingerprint density at radius 3 is 2.24 bits per heavy atom. The molecule has 0 unspecified atom stereocenters. The smallest absolute Gasteiger partial charge is 0.482 e. The molecule has 0 spiro atoms. The fraction of sp³-hybridized carbons (Fsp3) is 0.241. The topological polar surface area (TPSA) is 77.8 Å². The first kappa shape index (κ1) is 28.3.